The van der Waals surface area contributed by atoms with Crippen LogP contribution in [0.15, 0.2) is 24.3 Å². The van der Waals surface area contributed by atoms with Crippen molar-refractivity contribution in [1.29, 1.82) is 0 Å². The van der Waals surface area contributed by atoms with Crippen LogP contribution in [0.5, 0.6) is 0 Å². The van der Waals surface area contributed by atoms with Crippen molar-refractivity contribution in [3.05, 3.63) is 35.4 Å². The average Bonchev–Trinajstić information content (AvgIpc) is 2.67. The number of nitrogens with zero attached hydrogens (tertiary/aromatic N) is 1. The van der Waals surface area contributed by atoms with Gasteiger partial charge >= 0.3 is 0 Å². The van der Waals surface area contributed by atoms with Gasteiger partial charge in [0, 0.05) is 19.3 Å². The summed E-state index contributed by atoms with van der Waals surface area (Å²) in [5, 5.41) is 0. The van der Waals surface area contributed by atoms with E-state index in [0.717, 1.165) is 6.61 Å². The Hall–Kier alpha value is -1.43. The van der Waals surface area contributed by atoms with E-state index in [1.165, 1.54) is 70.1 Å². The van der Waals surface area contributed by atoms with Crippen LogP contribution in [0.4, 0.5) is 0 Å². The Morgan fingerprint density at radius 1 is 1.12 bits per heavy atom. The number of hydrogen-bond acceptors (Lipinski definition) is 4. The summed E-state index contributed by atoms with van der Waals surface area (Å²) >= 11 is 0. The molecule has 1 heterocycles. The third-order valence-electron chi connectivity index (χ3n) is 5.19. The molecule has 0 atom stereocenters. The summed E-state index contributed by atoms with van der Waals surface area (Å²) in [6.07, 6.45) is 8.84. The molecule has 0 saturated carbocycles. The molecular weight excluding hydrogens is 314 g/mol. The van der Waals surface area contributed by atoms with Gasteiger partial charge in [0.05, 0.1) is 0 Å². The molecule has 0 bridgehead atoms. The number of amides is 1. The van der Waals surface area contributed by atoms with Crippen molar-refractivity contribution in [2.45, 2.75) is 50.9 Å². The monoisotopic (exact) mass is 347 g/mol. The van der Waals surface area contributed by atoms with Crippen LogP contribution in [0.2, 0.25) is 0 Å². The highest BCUT2D eigenvalue weighted by Gasteiger charge is 2.20. The molecule has 5 heteroatoms. The molecule has 25 heavy (non-hydrogen) atoms. The van der Waals surface area contributed by atoms with Crippen molar-refractivity contribution in [2.75, 3.05) is 33.4 Å². The molecule has 0 radical (unpaired) electrons. The maximum Gasteiger partial charge on any atom is 0.265 e. The highest BCUT2D eigenvalue weighted by Crippen LogP contribution is 2.28. The Kier molecular flexibility index (Phi) is 8.94. The highest BCUT2D eigenvalue weighted by molar-refractivity contribution is 5.93. The van der Waals surface area contributed by atoms with Crippen molar-refractivity contribution < 1.29 is 9.53 Å². The van der Waals surface area contributed by atoms with E-state index in [2.05, 4.69) is 22.5 Å². The van der Waals surface area contributed by atoms with Crippen molar-refractivity contribution in [3.63, 3.8) is 0 Å². The maximum absolute atomic E-state index is 11.5. The molecule has 1 aliphatic heterocycles. The van der Waals surface area contributed by atoms with Crippen molar-refractivity contribution in [1.82, 2.24) is 10.3 Å². The molecule has 2 rings (SSSR count). The first-order chi connectivity index (χ1) is 12.2. The van der Waals surface area contributed by atoms with Crippen LogP contribution in [0.3, 0.4) is 0 Å². The molecule has 1 fully saturated rings. The quantitative estimate of drug-likeness (QED) is 0.295. The Morgan fingerprint density at radius 2 is 1.76 bits per heavy atom. The molecule has 1 aromatic carbocycles. The summed E-state index contributed by atoms with van der Waals surface area (Å²) in [6, 6.07) is 7.89. The van der Waals surface area contributed by atoms with Gasteiger partial charge in [-0.05, 0) is 68.9 Å². The second kappa shape index (κ2) is 11.2. The first kappa shape index (κ1) is 19.9. The number of carbonyl (C=O) groups is 1. The minimum Gasteiger partial charge on any atom is -0.385 e. The fraction of sp³-hybridized carbons (Fsp3) is 0.650. The number of benzene rings is 1. The van der Waals surface area contributed by atoms with Gasteiger partial charge in [-0.15, -0.1) is 0 Å². The van der Waals surface area contributed by atoms with Gasteiger partial charge in [0.2, 0.25) is 0 Å². The fourth-order valence-corrected chi connectivity index (χ4v) is 3.59. The van der Waals surface area contributed by atoms with Crippen molar-refractivity contribution >= 4 is 5.91 Å². The number of nitrogens with two attached hydrogens (primary N) is 1. The minimum absolute atomic E-state index is 0.233. The number of nitrogen functional groups attached to an aromatic ring is 1. The van der Waals surface area contributed by atoms with Gasteiger partial charge in [-0.2, -0.15) is 0 Å². The second-order valence-corrected chi connectivity index (χ2v) is 6.97. The first-order valence-electron chi connectivity index (χ1n) is 9.56. The van der Waals surface area contributed by atoms with Gasteiger partial charge in [-0.25, -0.2) is 5.84 Å². The Labute approximate surface area is 151 Å². The Balaban J connectivity index is 1.63. The standard InChI is InChI=1S/C20H33N3O2/c1-25-16-6-4-2-3-5-13-23-14-11-18(12-15-23)17-7-9-19(10-8-17)20(24)22-21/h7-10,18H,2-6,11-16,21H2,1H3,(H,22,24). The number of unbranched alkanes of at least 4 members (excludes halogenated alkanes) is 4. The molecule has 0 spiro atoms. The van der Waals surface area contributed by atoms with Gasteiger partial charge in [-0.1, -0.05) is 31.4 Å². The molecule has 140 valence electrons. The summed E-state index contributed by atoms with van der Waals surface area (Å²) in [4.78, 5) is 14.1. The smallest absolute Gasteiger partial charge is 0.265 e. The summed E-state index contributed by atoms with van der Waals surface area (Å²) in [7, 11) is 1.77. The molecule has 0 unspecified atom stereocenters. The van der Waals surface area contributed by atoms with Gasteiger partial charge in [0.25, 0.3) is 5.91 Å². The predicted octanol–water partition coefficient (Wildman–Crippen LogP) is 3.07. The van der Waals surface area contributed by atoms with Crippen molar-refractivity contribution in [3.8, 4) is 0 Å². The molecular formula is C20H33N3O2. The molecule has 1 amide bonds. The summed E-state index contributed by atoms with van der Waals surface area (Å²) in [5.41, 5.74) is 4.13. The topological polar surface area (TPSA) is 67.6 Å². The van der Waals surface area contributed by atoms with Crippen LogP contribution in [0.25, 0.3) is 0 Å². The number of hydrazine groups is 1. The zero-order valence-corrected chi connectivity index (χ0v) is 15.5. The minimum atomic E-state index is -0.233. The zero-order chi connectivity index (χ0) is 17.9. The van der Waals surface area contributed by atoms with Crippen LogP contribution in [-0.2, 0) is 4.74 Å². The lowest BCUT2D eigenvalue weighted by atomic mass is 9.89. The number of hydrogen-bond donors (Lipinski definition) is 2. The number of carbonyl (C=O) groups excluding carboxylic acids is 1. The van der Waals surface area contributed by atoms with Gasteiger partial charge in [0.15, 0.2) is 0 Å². The van der Waals surface area contributed by atoms with Crippen LogP contribution >= 0.6 is 0 Å². The van der Waals surface area contributed by atoms with E-state index in [1.807, 2.05) is 12.1 Å². The van der Waals surface area contributed by atoms with Crippen molar-refractivity contribution in [2.24, 2.45) is 5.84 Å². The lowest BCUT2D eigenvalue weighted by Gasteiger charge is -2.32. The maximum atomic E-state index is 11.5. The van der Waals surface area contributed by atoms with Crippen LogP contribution in [0, 0.1) is 0 Å². The van der Waals surface area contributed by atoms with Crippen LogP contribution in [-0.4, -0.2) is 44.2 Å². The SMILES string of the molecule is COCCCCCCCN1CCC(c2ccc(C(=O)NN)cc2)CC1. The number of rotatable bonds is 10. The van der Waals surface area contributed by atoms with E-state index in [-0.39, 0.29) is 5.91 Å². The third-order valence-corrected chi connectivity index (χ3v) is 5.19. The van der Waals surface area contributed by atoms with Gasteiger partial charge in [0.1, 0.15) is 0 Å². The summed E-state index contributed by atoms with van der Waals surface area (Å²) < 4.78 is 5.08. The van der Waals surface area contributed by atoms with Crippen LogP contribution in [0.1, 0.15) is 66.8 Å². The number of nitrogens with one attached hydrogen (secondary N) is 1. The van der Waals surface area contributed by atoms with E-state index < -0.39 is 0 Å². The molecule has 0 aliphatic carbocycles. The van der Waals surface area contributed by atoms with Crippen LogP contribution < -0.4 is 11.3 Å². The Bertz CT molecular complexity index is 496. The number of piperidine rings is 1. The van der Waals surface area contributed by atoms with E-state index in [4.69, 9.17) is 10.6 Å². The number of ether oxygens (including phenoxy) is 1. The third kappa shape index (κ3) is 6.77. The first-order valence-corrected chi connectivity index (χ1v) is 9.56. The average molecular weight is 348 g/mol. The normalized spacial score (nSPS) is 16.1. The van der Waals surface area contributed by atoms with Gasteiger partial charge < -0.3 is 9.64 Å². The largest absolute Gasteiger partial charge is 0.385 e. The highest BCUT2D eigenvalue weighted by atomic mass is 16.5. The van der Waals surface area contributed by atoms with E-state index in [1.54, 1.807) is 7.11 Å². The van der Waals surface area contributed by atoms with E-state index >= 15 is 0 Å². The predicted molar refractivity (Wildman–Crippen MR) is 101 cm³/mol. The fourth-order valence-electron chi connectivity index (χ4n) is 3.59. The van der Waals surface area contributed by atoms with E-state index in [0.29, 0.717) is 11.5 Å². The van der Waals surface area contributed by atoms with E-state index in [9.17, 15) is 4.79 Å². The molecule has 5 nitrogen and oxygen atoms in total. The number of likely N-dealkylation sites (tertiary alicyclic amines) is 1. The molecule has 3 N–H and O–H groups in total. The van der Waals surface area contributed by atoms with Gasteiger partial charge in [-0.3, -0.25) is 10.2 Å². The Morgan fingerprint density at radius 3 is 2.40 bits per heavy atom. The molecule has 1 aliphatic rings. The molecule has 0 aromatic heterocycles. The lowest BCUT2D eigenvalue weighted by molar-refractivity contribution is 0.0953. The summed E-state index contributed by atoms with van der Waals surface area (Å²) in [5.74, 6) is 5.55. The lowest BCUT2D eigenvalue weighted by Crippen LogP contribution is -2.33. The number of methoxy groups -OCH3 is 1. The molecule has 1 aromatic rings. The molecule has 1 saturated heterocycles. The second-order valence-electron chi connectivity index (χ2n) is 6.97. The summed E-state index contributed by atoms with van der Waals surface area (Å²) in [6.45, 7) is 4.48. The zero-order valence-electron chi connectivity index (χ0n) is 15.5.